The first-order chi connectivity index (χ1) is 8.63. The first-order valence-corrected chi connectivity index (χ1v) is 7.39. The Morgan fingerprint density at radius 3 is 2.94 bits per heavy atom. The Hall–Kier alpha value is -1.36. The molecule has 4 nitrogen and oxygen atoms in total. The van der Waals surface area contributed by atoms with Crippen LogP contribution in [0.15, 0.2) is 22.6 Å². The normalized spacial score (nSPS) is 12.8. The molecule has 1 aromatic heterocycles. The number of anilines is 2. The lowest BCUT2D eigenvalue weighted by atomic mass is 10.2. The van der Waals surface area contributed by atoms with Gasteiger partial charge in [-0.3, -0.25) is 0 Å². The maximum Gasteiger partial charge on any atom is 0.298 e. The Balaban J connectivity index is 2.22. The van der Waals surface area contributed by atoms with E-state index in [9.17, 15) is 0 Å². The average molecular weight is 265 g/mol. The molecule has 5 heteroatoms. The molecule has 0 saturated heterocycles. The van der Waals surface area contributed by atoms with E-state index in [2.05, 4.69) is 23.1 Å². The fourth-order valence-corrected chi connectivity index (χ4v) is 2.36. The van der Waals surface area contributed by atoms with E-state index in [-0.39, 0.29) is 0 Å². The van der Waals surface area contributed by atoms with Crippen molar-refractivity contribution in [3.8, 4) is 0 Å². The summed E-state index contributed by atoms with van der Waals surface area (Å²) in [5.74, 6) is 1.13. The van der Waals surface area contributed by atoms with Crippen LogP contribution < -0.4 is 10.6 Å². The summed E-state index contributed by atoms with van der Waals surface area (Å²) in [4.78, 5) is 6.53. The zero-order valence-corrected chi connectivity index (χ0v) is 11.8. The zero-order valence-electron chi connectivity index (χ0n) is 11.0. The minimum Gasteiger partial charge on any atom is -0.423 e. The standard InChI is InChI=1S/C13H19N3OS/c1-9(7-8-18-3)16(2)13-15-12-10(14)5-4-6-11(12)17-13/h4-6,9H,7-8,14H2,1-3H3. The number of thioether (sulfide) groups is 1. The van der Waals surface area contributed by atoms with Gasteiger partial charge in [-0.05, 0) is 37.5 Å². The van der Waals surface area contributed by atoms with E-state index in [0.29, 0.717) is 17.7 Å². The van der Waals surface area contributed by atoms with Gasteiger partial charge in [0.2, 0.25) is 0 Å². The summed E-state index contributed by atoms with van der Waals surface area (Å²) in [7, 11) is 2.01. The Labute approximate surface area is 112 Å². The number of hydrogen-bond donors (Lipinski definition) is 1. The van der Waals surface area contributed by atoms with Gasteiger partial charge in [0.15, 0.2) is 5.58 Å². The third-order valence-corrected chi connectivity index (χ3v) is 3.79. The van der Waals surface area contributed by atoms with E-state index < -0.39 is 0 Å². The van der Waals surface area contributed by atoms with Crippen molar-refractivity contribution in [3.05, 3.63) is 18.2 Å². The number of benzene rings is 1. The van der Waals surface area contributed by atoms with Crippen molar-refractivity contribution in [1.29, 1.82) is 0 Å². The lowest BCUT2D eigenvalue weighted by Crippen LogP contribution is -2.29. The highest BCUT2D eigenvalue weighted by Crippen LogP contribution is 2.26. The number of oxazole rings is 1. The lowest BCUT2D eigenvalue weighted by Gasteiger charge is -2.22. The number of nitrogens with zero attached hydrogens (tertiary/aromatic N) is 2. The van der Waals surface area contributed by atoms with Gasteiger partial charge in [-0.1, -0.05) is 6.07 Å². The van der Waals surface area contributed by atoms with Gasteiger partial charge < -0.3 is 15.1 Å². The quantitative estimate of drug-likeness (QED) is 0.842. The SMILES string of the molecule is CSCCC(C)N(C)c1nc2c(N)cccc2o1. The number of aromatic nitrogens is 1. The molecule has 0 spiro atoms. The maximum absolute atomic E-state index is 5.88. The molecule has 0 aliphatic heterocycles. The van der Waals surface area contributed by atoms with Crippen LogP contribution in [-0.2, 0) is 0 Å². The van der Waals surface area contributed by atoms with Crippen molar-refractivity contribution >= 4 is 34.6 Å². The minimum atomic E-state index is 0.395. The van der Waals surface area contributed by atoms with Gasteiger partial charge in [0, 0.05) is 13.1 Å². The Morgan fingerprint density at radius 1 is 1.50 bits per heavy atom. The summed E-state index contributed by atoms with van der Waals surface area (Å²) in [6.45, 7) is 2.18. The average Bonchev–Trinajstić information content (AvgIpc) is 2.80. The molecule has 0 radical (unpaired) electrons. The molecule has 0 bridgehead atoms. The lowest BCUT2D eigenvalue weighted by molar-refractivity contribution is 0.544. The fraction of sp³-hybridized carbons (Fsp3) is 0.462. The third-order valence-electron chi connectivity index (χ3n) is 3.14. The molecule has 0 saturated carbocycles. The van der Waals surface area contributed by atoms with E-state index in [1.165, 1.54) is 0 Å². The number of para-hydroxylation sites is 1. The minimum absolute atomic E-state index is 0.395. The van der Waals surface area contributed by atoms with Gasteiger partial charge in [0.05, 0.1) is 5.69 Å². The van der Waals surface area contributed by atoms with Crippen LogP contribution in [0.1, 0.15) is 13.3 Å². The molecule has 1 atom stereocenters. The molecule has 0 aliphatic rings. The second-order valence-corrected chi connectivity index (χ2v) is 5.42. The largest absolute Gasteiger partial charge is 0.423 e. The van der Waals surface area contributed by atoms with Gasteiger partial charge >= 0.3 is 0 Å². The van der Waals surface area contributed by atoms with Crippen LogP contribution in [0.2, 0.25) is 0 Å². The Bertz CT molecular complexity index is 526. The number of nitrogen functional groups attached to an aromatic ring is 1. The molecule has 2 rings (SSSR count). The highest BCUT2D eigenvalue weighted by molar-refractivity contribution is 7.98. The summed E-state index contributed by atoms with van der Waals surface area (Å²) in [6, 6.07) is 6.64. The van der Waals surface area contributed by atoms with Crippen molar-refractivity contribution < 1.29 is 4.42 Å². The molecule has 0 fully saturated rings. The van der Waals surface area contributed by atoms with Crippen LogP contribution in [0, 0.1) is 0 Å². The second-order valence-electron chi connectivity index (χ2n) is 4.43. The summed E-state index contributed by atoms with van der Waals surface area (Å²) in [6.07, 6.45) is 3.22. The van der Waals surface area contributed by atoms with Crippen LogP contribution in [0.25, 0.3) is 11.1 Å². The van der Waals surface area contributed by atoms with Gasteiger partial charge in [-0.2, -0.15) is 16.7 Å². The van der Waals surface area contributed by atoms with Gasteiger partial charge in [-0.25, -0.2) is 0 Å². The highest BCUT2D eigenvalue weighted by Gasteiger charge is 2.16. The molecule has 98 valence electrons. The molecular formula is C13H19N3OS. The Kier molecular flexibility index (Phi) is 4.01. The molecule has 18 heavy (non-hydrogen) atoms. The number of nitrogens with two attached hydrogens (primary N) is 1. The topological polar surface area (TPSA) is 55.3 Å². The zero-order chi connectivity index (χ0) is 13.1. The van der Waals surface area contributed by atoms with E-state index >= 15 is 0 Å². The molecule has 0 amide bonds. The van der Waals surface area contributed by atoms with Gasteiger partial charge in [0.1, 0.15) is 5.52 Å². The molecule has 0 aliphatic carbocycles. The second kappa shape index (κ2) is 5.52. The van der Waals surface area contributed by atoms with Crippen LogP contribution in [0.4, 0.5) is 11.7 Å². The molecule has 2 aromatic rings. The first-order valence-electron chi connectivity index (χ1n) is 6.00. The third kappa shape index (κ3) is 2.56. The number of hydrogen-bond acceptors (Lipinski definition) is 5. The van der Waals surface area contributed by atoms with Crippen molar-refractivity contribution in [2.45, 2.75) is 19.4 Å². The number of fused-ring (bicyclic) bond motifs is 1. The summed E-state index contributed by atoms with van der Waals surface area (Å²) in [5, 5.41) is 0. The highest BCUT2D eigenvalue weighted by atomic mass is 32.2. The predicted octanol–water partition coefficient (Wildman–Crippen LogP) is 2.99. The van der Waals surface area contributed by atoms with Gasteiger partial charge in [0.25, 0.3) is 6.01 Å². The van der Waals surface area contributed by atoms with Crippen molar-refractivity contribution in [1.82, 2.24) is 4.98 Å². The number of rotatable bonds is 5. The summed E-state index contributed by atoms with van der Waals surface area (Å²) < 4.78 is 5.74. The molecule has 1 aromatic carbocycles. The van der Waals surface area contributed by atoms with E-state index in [0.717, 1.165) is 23.3 Å². The van der Waals surface area contributed by atoms with E-state index in [4.69, 9.17) is 10.2 Å². The maximum atomic E-state index is 5.88. The van der Waals surface area contributed by atoms with Gasteiger partial charge in [-0.15, -0.1) is 0 Å². The summed E-state index contributed by atoms with van der Waals surface area (Å²) in [5.41, 5.74) is 8.03. The monoisotopic (exact) mass is 265 g/mol. The van der Waals surface area contributed by atoms with Crippen LogP contribution in [-0.4, -0.2) is 30.1 Å². The fourth-order valence-electron chi connectivity index (χ4n) is 1.78. The first kappa shape index (κ1) is 13.1. The van der Waals surface area contributed by atoms with Crippen LogP contribution in [0.3, 0.4) is 0 Å². The van der Waals surface area contributed by atoms with Crippen LogP contribution in [0.5, 0.6) is 0 Å². The molecule has 1 heterocycles. The van der Waals surface area contributed by atoms with Crippen molar-refractivity contribution in [3.63, 3.8) is 0 Å². The Morgan fingerprint density at radius 2 is 2.28 bits per heavy atom. The smallest absolute Gasteiger partial charge is 0.298 e. The van der Waals surface area contributed by atoms with E-state index in [1.54, 1.807) is 0 Å². The van der Waals surface area contributed by atoms with Crippen molar-refractivity contribution in [2.75, 3.05) is 29.7 Å². The van der Waals surface area contributed by atoms with E-state index in [1.807, 2.05) is 37.0 Å². The molecule has 2 N–H and O–H groups in total. The van der Waals surface area contributed by atoms with Crippen molar-refractivity contribution in [2.24, 2.45) is 0 Å². The predicted molar refractivity (Wildman–Crippen MR) is 79.3 cm³/mol. The summed E-state index contributed by atoms with van der Waals surface area (Å²) >= 11 is 1.85. The van der Waals surface area contributed by atoms with Crippen LogP contribution >= 0.6 is 11.8 Å². The molecular weight excluding hydrogens is 246 g/mol. The molecule has 1 unspecified atom stereocenters.